The van der Waals surface area contributed by atoms with Crippen LogP contribution < -0.4 is 20.1 Å². The smallest absolute Gasteiger partial charge is 0.281 e. The number of hydrogen-bond acceptors (Lipinski definition) is 9. The largest absolute Gasteiger partial charge is 0.475 e. The van der Waals surface area contributed by atoms with Crippen molar-refractivity contribution in [1.29, 1.82) is 0 Å². The van der Waals surface area contributed by atoms with Crippen molar-refractivity contribution >= 4 is 27.6 Å². The number of nitrogens with zero attached hydrogens (tertiary/aromatic N) is 4. The molecule has 2 saturated heterocycles. The molecule has 3 aromatic rings. The molecule has 0 saturated carbocycles. The second kappa shape index (κ2) is 9.38. The predicted molar refractivity (Wildman–Crippen MR) is 135 cm³/mol. The summed E-state index contributed by atoms with van der Waals surface area (Å²) in [5.41, 5.74) is 7.22. The molecule has 2 aliphatic rings. The Morgan fingerprint density at radius 1 is 1.06 bits per heavy atom. The van der Waals surface area contributed by atoms with E-state index in [4.69, 9.17) is 15.5 Å². The van der Waals surface area contributed by atoms with Crippen molar-refractivity contribution in [3.63, 3.8) is 0 Å². The lowest BCUT2D eigenvalue weighted by Crippen LogP contribution is -2.35. The summed E-state index contributed by atoms with van der Waals surface area (Å²) in [5.74, 6) is 0.277. The van der Waals surface area contributed by atoms with Gasteiger partial charge >= 0.3 is 0 Å². The average molecular weight is 509 g/mol. The van der Waals surface area contributed by atoms with E-state index in [1.807, 2.05) is 19.9 Å². The van der Waals surface area contributed by atoms with Crippen LogP contribution >= 0.6 is 0 Å². The van der Waals surface area contributed by atoms with E-state index in [0.29, 0.717) is 17.4 Å². The van der Waals surface area contributed by atoms with Crippen molar-refractivity contribution < 1.29 is 17.9 Å². The lowest BCUT2D eigenvalue weighted by atomic mass is 10.0. The maximum atomic E-state index is 13.3. The molecular weight excluding hydrogens is 480 g/mol. The first kappa shape index (κ1) is 24.0. The fraction of sp³-hybridized carbons (Fsp3) is 0.360. The zero-order chi connectivity index (χ0) is 25.4. The number of carbonyl (C=O) groups excluding carboxylic acids is 1. The molecule has 0 atom stereocenters. The Labute approximate surface area is 210 Å². The van der Waals surface area contributed by atoms with E-state index >= 15 is 0 Å². The van der Waals surface area contributed by atoms with Gasteiger partial charge in [-0.05, 0) is 69.9 Å². The first-order valence-electron chi connectivity index (χ1n) is 11.9. The number of nitrogens with two attached hydrogens (primary N) is 1. The lowest BCUT2D eigenvalue weighted by Gasteiger charge is -2.26. The van der Waals surface area contributed by atoms with Gasteiger partial charge in [0.1, 0.15) is 11.6 Å². The van der Waals surface area contributed by atoms with Crippen molar-refractivity contribution in [3.05, 3.63) is 54.2 Å². The van der Waals surface area contributed by atoms with Crippen LogP contribution in [-0.2, 0) is 10.0 Å². The molecule has 2 bridgehead atoms. The molecular formula is C25H28N6O4S. The molecule has 2 fully saturated rings. The SMILES string of the molecule is CC(C)Oc1ccc(-c2ccc(C(=O)NS(=O)(=O)c3cccc(N)n3)c(N3C4CCC3CC4)n2)cn1. The summed E-state index contributed by atoms with van der Waals surface area (Å²) >= 11 is 0. The zero-order valence-electron chi connectivity index (χ0n) is 20.1. The summed E-state index contributed by atoms with van der Waals surface area (Å²) in [5, 5.41) is -0.321. The van der Waals surface area contributed by atoms with E-state index < -0.39 is 15.9 Å². The highest BCUT2D eigenvalue weighted by molar-refractivity contribution is 7.90. The van der Waals surface area contributed by atoms with E-state index in [0.717, 1.165) is 31.2 Å². The zero-order valence-corrected chi connectivity index (χ0v) is 20.9. The number of rotatable bonds is 7. The van der Waals surface area contributed by atoms with Crippen LogP contribution in [0.4, 0.5) is 11.6 Å². The van der Waals surface area contributed by atoms with Crippen LogP contribution in [0.1, 0.15) is 49.9 Å². The number of nitrogens with one attached hydrogen (secondary N) is 1. The fourth-order valence-electron chi connectivity index (χ4n) is 4.89. The number of amides is 1. The summed E-state index contributed by atoms with van der Waals surface area (Å²) in [6, 6.07) is 11.7. The first-order valence-corrected chi connectivity index (χ1v) is 13.4. The second-order valence-electron chi connectivity index (χ2n) is 9.32. The van der Waals surface area contributed by atoms with Crippen LogP contribution in [0.25, 0.3) is 11.3 Å². The van der Waals surface area contributed by atoms with Gasteiger partial charge in [-0.3, -0.25) is 4.79 Å². The Balaban J connectivity index is 1.49. The maximum absolute atomic E-state index is 13.3. The Bertz CT molecular complexity index is 1370. The van der Waals surface area contributed by atoms with Gasteiger partial charge in [0.05, 0.1) is 17.4 Å². The third kappa shape index (κ3) is 4.70. The molecule has 0 unspecified atom stereocenters. The minimum Gasteiger partial charge on any atom is -0.475 e. The van der Waals surface area contributed by atoms with Crippen LogP contribution in [0.2, 0.25) is 0 Å². The molecule has 3 aromatic heterocycles. The molecule has 188 valence electrons. The van der Waals surface area contributed by atoms with Crippen molar-refractivity contribution in [2.75, 3.05) is 10.6 Å². The number of ether oxygens (including phenoxy) is 1. The lowest BCUT2D eigenvalue weighted by molar-refractivity contribution is 0.0981. The normalized spacial score (nSPS) is 19.0. The molecule has 0 spiro atoms. The van der Waals surface area contributed by atoms with Crippen LogP contribution in [0.5, 0.6) is 5.88 Å². The van der Waals surface area contributed by atoms with Gasteiger partial charge in [0.15, 0.2) is 5.03 Å². The van der Waals surface area contributed by atoms with E-state index in [9.17, 15) is 13.2 Å². The molecule has 1 amide bonds. The maximum Gasteiger partial charge on any atom is 0.281 e. The van der Waals surface area contributed by atoms with Gasteiger partial charge < -0.3 is 15.4 Å². The Morgan fingerprint density at radius 2 is 1.78 bits per heavy atom. The summed E-state index contributed by atoms with van der Waals surface area (Å²) < 4.78 is 33.4. The number of nitrogen functional groups attached to an aromatic ring is 1. The number of sulfonamides is 1. The molecule has 0 aliphatic carbocycles. The van der Waals surface area contributed by atoms with Gasteiger partial charge in [-0.2, -0.15) is 8.42 Å². The number of anilines is 2. The molecule has 11 heteroatoms. The summed E-state index contributed by atoms with van der Waals surface area (Å²) in [4.78, 5) is 28.5. The summed E-state index contributed by atoms with van der Waals surface area (Å²) in [6.07, 6.45) is 5.77. The predicted octanol–water partition coefficient (Wildman–Crippen LogP) is 3.16. The molecule has 0 aromatic carbocycles. The van der Waals surface area contributed by atoms with Crippen molar-refractivity contribution in [1.82, 2.24) is 19.7 Å². The van der Waals surface area contributed by atoms with Crippen LogP contribution in [0.15, 0.2) is 53.7 Å². The monoisotopic (exact) mass is 508 g/mol. The second-order valence-corrected chi connectivity index (χ2v) is 11.0. The minimum absolute atomic E-state index is 0.00956. The van der Waals surface area contributed by atoms with Gasteiger partial charge in [-0.25, -0.2) is 19.7 Å². The Kier molecular flexibility index (Phi) is 6.25. The number of fused-ring (bicyclic) bond motifs is 2. The summed E-state index contributed by atoms with van der Waals surface area (Å²) in [6.45, 7) is 3.86. The third-order valence-electron chi connectivity index (χ3n) is 6.45. The topological polar surface area (TPSA) is 140 Å². The van der Waals surface area contributed by atoms with Crippen molar-refractivity contribution in [3.8, 4) is 17.1 Å². The summed E-state index contributed by atoms with van der Waals surface area (Å²) in [7, 11) is -4.22. The number of aromatic nitrogens is 3. The molecule has 5 heterocycles. The van der Waals surface area contributed by atoms with E-state index in [1.165, 1.54) is 18.2 Å². The van der Waals surface area contributed by atoms with E-state index in [1.54, 1.807) is 24.4 Å². The number of carbonyl (C=O) groups is 1. The molecule has 10 nitrogen and oxygen atoms in total. The molecule has 3 N–H and O–H groups in total. The van der Waals surface area contributed by atoms with Gasteiger partial charge in [-0.15, -0.1) is 0 Å². The van der Waals surface area contributed by atoms with Gasteiger partial charge in [-0.1, -0.05) is 6.07 Å². The van der Waals surface area contributed by atoms with Gasteiger partial charge in [0.25, 0.3) is 15.9 Å². The average Bonchev–Trinajstić information content (AvgIpc) is 3.44. The molecule has 2 aliphatic heterocycles. The first-order chi connectivity index (χ1) is 17.2. The van der Waals surface area contributed by atoms with Crippen LogP contribution in [0.3, 0.4) is 0 Å². The van der Waals surface area contributed by atoms with E-state index in [-0.39, 0.29) is 34.6 Å². The van der Waals surface area contributed by atoms with Crippen molar-refractivity contribution in [2.45, 2.75) is 62.7 Å². The molecule has 36 heavy (non-hydrogen) atoms. The Hall–Kier alpha value is -3.73. The fourth-order valence-corrected chi connectivity index (χ4v) is 5.84. The van der Waals surface area contributed by atoms with Gasteiger partial charge in [0.2, 0.25) is 5.88 Å². The van der Waals surface area contributed by atoms with Crippen molar-refractivity contribution in [2.24, 2.45) is 0 Å². The number of hydrogen-bond donors (Lipinski definition) is 2. The standard InChI is InChI=1S/C25H28N6O4S/c1-15(2)35-22-13-6-16(14-27-22)20-12-11-19(24(28-20)31-17-7-8-18(31)10-9-17)25(32)30-36(33,34)23-5-3-4-21(26)29-23/h3-6,11-15,17-18H,7-10H2,1-2H3,(H2,26,29)(H,30,32). The van der Waals surface area contributed by atoms with Crippen LogP contribution in [0, 0.1) is 0 Å². The third-order valence-corrected chi connectivity index (χ3v) is 7.69. The highest BCUT2D eigenvalue weighted by atomic mass is 32.2. The quantitative estimate of drug-likeness (QED) is 0.492. The Morgan fingerprint density at radius 3 is 2.39 bits per heavy atom. The van der Waals surface area contributed by atoms with Crippen LogP contribution in [-0.4, -0.2) is 47.5 Å². The molecule has 0 radical (unpaired) electrons. The minimum atomic E-state index is -4.22. The highest BCUT2D eigenvalue weighted by Gasteiger charge is 2.42. The molecule has 5 rings (SSSR count). The number of pyridine rings is 3. The highest BCUT2D eigenvalue weighted by Crippen LogP contribution is 2.42. The van der Waals surface area contributed by atoms with Gasteiger partial charge in [0, 0.05) is 29.9 Å². The van der Waals surface area contributed by atoms with E-state index in [2.05, 4.69) is 19.6 Å².